The summed E-state index contributed by atoms with van der Waals surface area (Å²) >= 11 is 3.20. The lowest BCUT2D eigenvalue weighted by atomic mass is 9.84. The van der Waals surface area contributed by atoms with Gasteiger partial charge in [-0.25, -0.2) is 9.18 Å². The summed E-state index contributed by atoms with van der Waals surface area (Å²) in [5, 5.41) is 21.2. The topological polar surface area (TPSA) is 69.6 Å². The molecule has 0 aliphatic rings. The van der Waals surface area contributed by atoms with Gasteiger partial charge < -0.3 is 15.5 Å². The predicted octanol–water partition coefficient (Wildman–Crippen LogP) is 3.01. The smallest absolute Gasteiger partial charge is 0.405 e. The minimum atomic E-state index is -1.46. The second kappa shape index (κ2) is 6.16. The summed E-state index contributed by atoms with van der Waals surface area (Å²) in [6.07, 6.45) is -0.902. The fraction of sp³-hybridized carbons (Fsp3) is 0.308. The predicted molar refractivity (Wildman–Crippen MR) is 73.4 cm³/mol. The van der Waals surface area contributed by atoms with E-state index < -0.39 is 23.6 Å². The molecule has 104 valence electrons. The number of amides is 1. The van der Waals surface area contributed by atoms with Gasteiger partial charge in [0.25, 0.3) is 0 Å². The number of aliphatic hydroxyl groups excluding tert-OH is 1. The van der Waals surface area contributed by atoms with Crippen LogP contribution in [0.3, 0.4) is 0 Å². The van der Waals surface area contributed by atoms with Crippen molar-refractivity contribution in [1.82, 2.24) is 5.32 Å². The molecule has 2 atom stereocenters. The zero-order chi connectivity index (χ0) is 14.6. The van der Waals surface area contributed by atoms with Crippen LogP contribution in [0.15, 0.2) is 35.3 Å². The Morgan fingerprint density at radius 3 is 2.84 bits per heavy atom. The van der Waals surface area contributed by atoms with Crippen LogP contribution in [0.4, 0.5) is 9.18 Å². The Hall–Kier alpha value is -1.40. The molecule has 4 nitrogen and oxygen atoms in total. The summed E-state index contributed by atoms with van der Waals surface area (Å²) in [6, 6.07) is 4.15. The highest BCUT2D eigenvalue weighted by molar-refractivity contribution is 9.10. The molecule has 1 aromatic rings. The molecule has 6 heteroatoms. The Bertz CT molecular complexity index is 495. The first-order valence-corrected chi connectivity index (χ1v) is 6.36. The van der Waals surface area contributed by atoms with Gasteiger partial charge in [-0.2, -0.15) is 0 Å². The van der Waals surface area contributed by atoms with Crippen LogP contribution in [0.25, 0.3) is 0 Å². The van der Waals surface area contributed by atoms with Crippen molar-refractivity contribution in [2.24, 2.45) is 0 Å². The summed E-state index contributed by atoms with van der Waals surface area (Å²) in [7, 11) is 0. The van der Waals surface area contributed by atoms with Crippen molar-refractivity contribution in [1.29, 1.82) is 0 Å². The van der Waals surface area contributed by atoms with E-state index in [4.69, 9.17) is 5.11 Å². The molecule has 0 radical (unpaired) electrons. The van der Waals surface area contributed by atoms with Crippen LogP contribution in [-0.4, -0.2) is 22.4 Å². The fourth-order valence-electron chi connectivity index (χ4n) is 1.84. The van der Waals surface area contributed by atoms with E-state index in [0.29, 0.717) is 4.47 Å². The Morgan fingerprint density at radius 2 is 2.32 bits per heavy atom. The molecule has 0 heterocycles. The van der Waals surface area contributed by atoms with Gasteiger partial charge in [0.15, 0.2) is 0 Å². The lowest BCUT2D eigenvalue weighted by Crippen LogP contribution is -2.51. The molecule has 0 aliphatic heterocycles. The van der Waals surface area contributed by atoms with Crippen LogP contribution < -0.4 is 5.32 Å². The van der Waals surface area contributed by atoms with Gasteiger partial charge in [0, 0.05) is 10.0 Å². The first kappa shape index (κ1) is 15.7. The molecule has 0 aliphatic carbocycles. The molecular weight excluding hydrogens is 317 g/mol. The maximum atomic E-state index is 13.9. The number of benzene rings is 1. The van der Waals surface area contributed by atoms with E-state index in [1.807, 2.05) is 0 Å². The minimum absolute atomic E-state index is 0.0682. The van der Waals surface area contributed by atoms with Gasteiger partial charge in [0.05, 0.1) is 11.6 Å². The summed E-state index contributed by atoms with van der Waals surface area (Å²) in [5.74, 6) is -0.595. The summed E-state index contributed by atoms with van der Waals surface area (Å²) in [5.41, 5.74) is -1.40. The number of hydrogen-bond donors (Lipinski definition) is 3. The Kier molecular flexibility index (Phi) is 5.08. The molecule has 0 fully saturated rings. The van der Waals surface area contributed by atoms with E-state index in [1.54, 1.807) is 0 Å². The molecular formula is C13H15BrFNO3. The van der Waals surface area contributed by atoms with E-state index in [9.17, 15) is 14.3 Å². The third kappa shape index (κ3) is 3.54. The molecule has 19 heavy (non-hydrogen) atoms. The summed E-state index contributed by atoms with van der Waals surface area (Å²) in [4.78, 5) is 10.9. The van der Waals surface area contributed by atoms with E-state index in [0.717, 1.165) is 0 Å². The monoisotopic (exact) mass is 331 g/mol. The number of hydrogen-bond acceptors (Lipinski definition) is 2. The van der Waals surface area contributed by atoms with Crippen molar-refractivity contribution in [2.75, 3.05) is 0 Å². The van der Waals surface area contributed by atoms with Crippen LogP contribution in [0.1, 0.15) is 18.9 Å². The average Bonchev–Trinajstić information content (AvgIpc) is 2.31. The number of aliphatic hydroxyl groups is 1. The van der Waals surface area contributed by atoms with Gasteiger partial charge in [-0.05, 0) is 31.5 Å². The maximum absolute atomic E-state index is 13.9. The molecule has 0 saturated carbocycles. The lowest BCUT2D eigenvalue weighted by Gasteiger charge is -2.34. The molecule has 1 rings (SSSR count). The van der Waals surface area contributed by atoms with E-state index in [-0.39, 0.29) is 12.0 Å². The van der Waals surface area contributed by atoms with Crippen LogP contribution in [0.2, 0.25) is 0 Å². The third-order valence-corrected chi connectivity index (χ3v) is 3.40. The molecule has 0 saturated heterocycles. The molecule has 0 aromatic heterocycles. The van der Waals surface area contributed by atoms with Gasteiger partial charge in [0.1, 0.15) is 5.82 Å². The zero-order valence-corrected chi connectivity index (χ0v) is 11.9. The van der Waals surface area contributed by atoms with Crippen LogP contribution >= 0.6 is 15.9 Å². The standard InChI is InChI=1S/C13H15BrFNO3/c1-3-4-11(17)13(2,16-12(18)19)9-7-8(14)5-6-10(9)15/h3,5-7,11,16-17H,1,4H2,2H3,(H,18,19)/t11?,13-/m1/s1. The number of nitrogens with one attached hydrogen (secondary N) is 1. The fourth-order valence-corrected chi connectivity index (χ4v) is 2.20. The highest BCUT2D eigenvalue weighted by Crippen LogP contribution is 2.31. The van der Waals surface area contributed by atoms with Crippen LogP contribution in [-0.2, 0) is 5.54 Å². The number of carboxylic acid groups (broad SMARTS) is 1. The molecule has 0 bridgehead atoms. The largest absolute Gasteiger partial charge is 0.465 e. The second-order valence-corrected chi connectivity index (χ2v) is 5.21. The van der Waals surface area contributed by atoms with E-state index >= 15 is 0 Å². The molecule has 1 unspecified atom stereocenters. The van der Waals surface area contributed by atoms with Crippen LogP contribution in [0.5, 0.6) is 0 Å². The maximum Gasteiger partial charge on any atom is 0.405 e. The van der Waals surface area contributed by atoms with E-state index in [2.05, 4.69) is 27.8 Å². The second-order valence-electron chi connectivity index (χ2n) is 4.30. The van der Waals surface area contributed by atoms with Crippen LogP contribution in [0, 0.1) is 5.82 Å². The molecule has 0 spiro atoms. The highest BCUT2D eigenvalue weighted by atomic mass is 79.9. The average molecular weight is 332 g/mol. The Labute approximate surface area is 119 Å². The van der Waals surface area contributed by atoms with Crippen molar-refractivity contribution in [2.45, 2.75) is 25.0 Å². The minimum Gasteiger partial charge on any atom is -0.465 e. The van der Waals surface area contributed by atoms with E-state index in [1.165, 1.54) is 31.2 Å². The van der Waals surface area contributed by atoms with Crippen molar-refractivity contribution in [3.8, 4) is 0 Å². The van der Waals surface area contributed by atoms with Gasteiger partial charge in [-0.1, -0.05) is 22.0 Å². The number of carbonyl (C=O) groups is 1. The molecule has 3 N–H and O–H groups in total. The quantitative estimate of drug-likeness (QED) is 0.726. The SMILES string of the molecule is C=CCC(O)[C@](C)(NC(=O)O)c1cc(Br)ccc1F. The van der Waals surface area contributed by atoms with Gasteiger partial charge in [0.2, 0.25) is 0 Å². The van der Waals surface area contributed by atoms with Crippen molar-refractivity contribution in [3.05, 3.63) is 46.7 Å². The first-order chi connectivity index (χ1) is 8.81. The number of halogens is 2. The van der Waals surface area contributed by atoms with Gasteiger partial charge in [-0.15, -0.1) is 6.58 Å². The Balaban J connectivity index is 3.33. The van der Waals surface area contributed by atoms with Crippen molar-refractivity contribution >= 4 is 22.0 Å². The third-order valence-electron chi connectivity index (χ3n) is 2.91. The normalized spacial score (nSPS) is 15.4. The molecule has 1 amide bonds. The van der Waals surface area contributed by atoms with Crippen molar-refractivity contribution < 1.29 is 19.4 Å². The molecule has 1 aromatic carbocycles. The van der Waals surface area contributed by atoms with Gasteiger partial charge in [-0.3, -0.25) is 0 Å². The summed E-state index contributed by atoms with van der Waals surface area (Å²) < 4.78 is 14.5. The Morgan fingerprint density at radius 1 is 1.68 bits per heavy atom. The first-order valence-electron chi connectivity index (χ1n) is 5.57. The van der Waals surface area contributed by atoms with Crippen molar-refractivity contribution in [3.63, 3.8) is 0 Å². The number of rotatable bonds is 5. The van der Waals surface area contributed by atoms with Gasteiger partial charge >= 0.3 is 6.09 Å². The highest BCUT2D eigenvalue weighted by Gasteiger charge is 2.38. The summed E-state index contributed by atoms with van der Waals surface area (Å²) in [6.45, 7) is 4.92. The zero-order valence-electron chi connectivity index (χ0n) is 10.4. The lowest BCUT2D eigenvalue weighted by molar-refractivity contribution is 0.0664.